The second kappa shape index (κ2) is 6.76. The van der Waals surface area contributed by atoms with Crippen molar-refractivity contribution in [2.45, 2.75) is 45.3 Å². The van der Waals surface area contributed by atoms with E-state index in [4.69, 9.17) is 0 Å². The van der Waals surface area contributed by atoms with Crippen molar-refractivity contribution in [3.05, 3.63) is 50.6 Å². The van der Waals surface area contributed by atoms with Gasteiger partial charge in [-0.3, -0.25) is 23.5 Å². The van der Waals surface area contributed by atoms with Gasteiger partial charge in [-0.2, -0.15) is 5.10 Å². The highest BCUT2D eigenvalue weighted by molar-refractivity contribution is 5.03. The molecule has 2 aromatic heterocycles. The molecule has 24 heavy (non-hydrogen) atoms. The van der Waals surface area contributed by atoms with Crippen molar-refractivity contribution >= 4 is 0 Å². The van der Waals surface area contributed by atoms with Crippen LogP contribution in [0.2, 0.25) is 0 Å². The minimum atomic E-state index is -0.270. The monoisotopic (exact) mass is 331 g/mol. The summed E-state index contributed by atoms with van der Waals surface area (Å²) in [5.74, 6) is 0. The lowest BCUT2D eigenvalue weighted by molar-refractivity contribution is 0.118. The minimum Gasteiger partial charge on any atom is -0.299 e. The predicted octanol–water partition coefficient (Wildman–Crippen LogP) is 0.644. The van der Waals surface area contributed by atoms with Crippen LogP contribution in [0.4, 0.5) is 0 Å². The maximum atomic E-state index is 12.1. The van der Waals surface area contributed by atoms with E-state index in [-0.39, 0.29) is 11.2 Å². The molecule has 7 nitrogen and oxygen atoms in total. The van der Waals surface area contributed by atoms with Crippen molar-refractivity contribution in [1.82, 2.24) is 23.8 Å². The molecule has 0 N–H and O–H groups in total. The summed E-state index contributed by atoms with van der Waals surface area (Å²) in [7, 11) is 3.24. The van der Waals surface area contributed by atoms with E-state index in [0.717, 1.165) is 41.8 Å². The number of hydrogen-bond acceptors (Lipinski definition) is 4. The number of nitrogens with zero attached hydrogens (tertiary/aromatic N) is 5. The fraction of sp³-hybridized carbons (Fsp3) is 0.588. The highest BCUT2D eigenvalue weighted by atomic mass is 16.2. The number of piperidine rings is 1. The molecule has 3 rings (SSSR count). The largest absolute Gasteiger partial charge is 0.330 e. The minimum absolute atomic E-state index is 0.246. The van der Waals surface area contributed by atoms with Gasteiger partial charge in [0.1, 0.15) is 0 Å². The Morgan fingerprint density at radius 1 is 1.21 bits per heavy atom. The van der Waals surface area contributed by atoms with Gasteiger partial charge < -0.3 is 0 Å². The van der Waals surface area contributed by atoms with E-state index >= 15 is 0 Å². The molecular weight excluding hydrogens is 306 g/mol. The SMILES string of the molecule is Cc1cnn(CC2CCCCN2Cc2cc(=O)n(C)c(=O)n2C)c1. The van der Waals surface area contributed by atoms with Crippen molar-refractivity contribution in [2.75, 3.05) is 6.54 Å². The Morgan fingerprint density at radius 3 is 2.71 bits per heavy atom. The van der Waals surface area contributed by atoms with Crippen LogP contribution in [0, 0.1) is 6.92 Å². The van der Waals surface area contributed by atoms with Gasteiger partial charge in [-0.25, -0.2) is 4.79 Å². The van der Waals surface area contributed by atoms with Crippen LogP contribution >= 0.6 is 0 Å². The second-order valence-electron chi connectivity index (χ2n) is 6.73. The van der Waals surface area contributed by atoms with Crippen LogP contribution < -0.4 is 11.2 Å². The average Bonchev–Trinajstić information content (AvgIpc) is 2.97. The maximum Gasteiger partial charge on any atom is 0.330 e. The molecule has 7 heteroatoms. The summed E-state index contributed by atoms with van der Waals surface area (Å²) >= 11 is 0. The Hall–Kier alpha value is -2.15. The first-order valence-corrected chi connectivity index (χ1v) is 8.45. The summed E-state index contributed by atoms with van der Waals surface area (Å²) in [5.41, 5.74) is 1.41. The molecule has 2 aromatic rings. The van der Waals surface area contributed by atoms with E-state index in [0.29, 0.717) is 12.6 Å². The first-order chi connectivity index (χ1) is 11.5. The fourth-order valence-electron chi connectivity index (χ4n) is 3.40. The lowest BCUT2D eigenvalue weighted by Crippen LogP contribution is -2.44. The van der Waals surface area contributed by atoms with Crippen molar-refractivity contribution in [2.24, 2.45) is 14.1 Å². The molecule has 1 aliphatic heterocycles. The van der Waals surface area contributed by atoms with Gasteiger partial charge in [0.25, 0.3) is 5.56 Å². The second-order valence-corrected chi connectivity index (χ2v) is 6.73. The third-order valence-electron chi connectivity index (χ3n) is 4.90. The Bertz CT molecular complexity index is 832. The maximum absolute atomic E-state index is 12.1. The number of aryl methyl sites for hydroxylation is 1. The van der Waals surface area contributed by atoms with Gasteiger partial charge in [-0.15, -0.1) is 0 Å². The van der Waals surface area contributed by atoms with Gasteiger partial charge in [-0.05, 0) is 31.9 Å². The summed E-state index contributed by atoms with van der Waals surface area (Å²) in [6.45, 7) is 4.48. The molecule has 0 radical (unpaired) electrons. The summed E-state index contributed by atoms with van der Waals surface area (Å²) in [4.78, 5) is 26.4. The van der Waals surface area contributed by atoms with Gasteiger partial charge in [0, 0.05) is 44.6 Å². The van der Waals surface area contributed by atoms with E-state index < -0.39 is 0 Å². The van der Waals surface area contributed by atoms with Crippen LogP contribution in [-0.4, -0.2) is 36.4 Å². The number of aromatic nitrogens is 4. The quantitative estimate of drug-likeness (QED) is 0.825. The molecule has 0 aromatic carbocycles. The zero-order valence-electron chi connectivity index (χ0n) is 14.6. The van der Waals surface area contributed by atoms with E-state index in [9.17, 15) is 9.59 Å². The Labute approximate surface area is 141 Å². The molecule has 0 spiro atoms. The fourth-order valence-corrected chi connectivity index (χ4v) is 3.40. The van der Waals surface area contributed by atoms with Gasteiger partial charge in [-0.1, -0.05) is 6.42 Å². The molecule has 130 valence electrons. The molecule has 0 amide bonds. The van der Waals surface area contributed by atoms with E-state index in [1.54, 1.807) is 17.7 Å². The van der Waals surface area contributed by atoms with E-state index in [2.05, 4.69) is 16.2 Å². The van der Waals surface area contributed by atoms with Crippen LogP contribution in [0.15, 0.2) is 28.0 Å². The zero-order valence-corrected chi connectivity index (χ0v) is 14.6. The normalized spacial score (nSPS) is 18.9. The van der Waals surface area contributed by atoms with Crippen LogP contribution in [0.25, 0.3) is 0 Å². The van der Waals surface area contributed by atoms with Crippen LogP contribution in [0.1, 0.15) is 30.5 Å². The summed E-state index contributed by atoms with van der Waals surface area (Å²) in [5, 5.41) is 4.39. The first kappa shape index (κ1) is 16.7. The lowest BCUT2D eigenvalue weighted by Gasteiger charge is -2.36. The molecule has 1 fully saturated rings. The number of hydrogen-bond donors (Lipinski definition) is 0. The molecule has 1 aliphatic rings. The Morgan fingerprint density at radius 2 is 2.00 bits per heavy atom. The smallest absolute Gasteiger partial charge is 0.299 e. The van der Waals surface area contributed by atoms with E-state index in [1.165, 1.54) is 13.5 Å². The van der Waals surface area contributed by atoms with Crippen molar-refractivity contribution < 1.29 is 0 Å². The highest BCUT2D eigenvalue weighted by Gasteiger charge is 2.24. The first-order valence-electron chi connectivity index (χ1n) is 8.45. The van der Waals surface area contributed by atoms with Gasteiger partial charge in [0.2, 0.25) is 0 Å². The zero-order chi connectivity index (χ0) is 17.3. The number of likely N-dealkylation sites (tertiary alicyclic amines) is 1. The average molecular weight is 331 g/mol. The van der Waals surface area contributed by atoms with Crippen LogP contribution in [0.5, 0.6) is 0 Å². The molecular formula is C17H25N5O2. The summed E-state index contributed by atoms with van der Waals surface area (Å²) in [6, 6.07) is 1.95. The van der Waals surface area contributed by atoms with Crippen LogP contribution in [-0.2, 0) is 27.2 Å². The molecule has 3 heterocycles. The highest BCUT2D eigenvalue weighted by Crippen LogP contribution is 2.20. The Kier molecular flexibility index (Phi) is 4.71. The molecule has 1 atom stereocenters. The molecule has 0 saturated carbocycles. The Balaban J connectivity index is 1.82. The topological polar surface area (TPSA) is 65.1 Å². The standard InChI is InChI=1S/C17H25N5O2/c1-13-9-18-22(10-13)12-14-6-4-5-7-21(14)11-15-8-16(23)20(3)17(24)19(15)2/h8-10,14H,4-7,11-12H2,1-3H3. The third kappa shape index (κ3) is 3.36. The van der Waals surface area contributed by atoms with Crippen molar-refractivity contribution in [1.29, 1.82) is 0 Å². The summed E-state index contributed by atoms with van der Waals surface area (Å²) < 4.78 is 4.70. The molecule has 1 saturated heterocycles. The summed E-state index contributed by atoms with van der Waals surface area (Å²) in [6.07, 6.45) is 7.39. The van der Waals surface area contributed by atoms with Crippen molar-refractivity contribution in [3.63, 3.8) is 0 Å². The van der Waals surface area contributed by atoms with Gasteiger partial charge in [0.05, 0.1) is 12.7 Å². The van der Waals surface area contributed by atoms with Crippen molar-refractivity contribution in [3.8, 4) is 0 Å². The van der Waals surface area contributed by atoms with E-state index in [1.807, 2.05) is 17.8 Å². The number of rotatable bonds is 4. The van der Waals surface area contributed by atoms with Crippen LogP contribution in [0.3, 0.4) is 0 Å². The van der Waals surface area contributed by atoms with Gasteiger partial charge >= 0.3 is 5.69 Å². The molecule has 1 unspecified atom stereocenters. The molecule has 0 aliphatic carbocycles. The van der Waals surface area contributed by atoms with Gasteiger partial charge in [0.15, 0.2) is 0 Å². The molecule has 0 bridgehead atoms. The predicted molar refractivity (Wildman–Crippen MR) is 91.9 cm³/mol. The lowest BCUT2D eigenvalue weighted by atomic mass is 10.0. The third-order valence-corrected chi connectivity index (χ3v) is 4.90.